The van der Waals surface area contributed by atoms with Gasteiger partial charge < -0.3 is 5.11 Å². The molecule has 0 bridgehead atoms. The Kier molecular flexibility index (Phi) is 9.90. The second kappa shape index (κ2) is 11.1. The lowest BCUT2D eigenvalue weighted by molar-refractivity contribution is -0.148. The third-order valence-corrected chi connectivity index (χ3v) is 5.39. The second-order valence-corrected chi connectivity index (χ2v) is 7.05. The van der Waals surface area contributed by atoms with E-state index < -0.39 is 12.0 Å². The fourth-order valence-electron chi connectivity index (χ4n) is 3.95. The highest BCUT2D eigenvalue weighted by Gasteiger charge is 2.36. The van der Waals surface area contributed by atoms with Gasteiger partial charge in [-0.05, 0) is 38.4 Å². The first-order valence-corrected chi connectivity index (χ1v) is 9.14. The molecule has 0 saturated carbocycles. The molecule has 2 saturated heterocycles. The second-order valence-electron chi connectivity index (χ2n) is 7.05. The van der Waals surface area contributed by atoms with Crippen LogP contribution >= 0.6 is 24.8 Å². The van der Waals surface area contributed by atoms with Crippen LogP contribution in [0.4, 0.5) is 0 Å². The van der Waals surface area contributed by atoms with Gasteiger partial charge in [0.15, 0.2) is 0 Å². The van der Waals surface area contributed by atoms with Crippen LogP contribution in [-0.2, 0) is 11.3 Å². The number of hydrogen-bond acceptors (Lipinski definition) is 4. The lowest BCUT2D eigenvalue weighted by atomic mass is 10.1. The highest BCUT2D eigenvalue weighted by Crippen LogP contribution is 2.22. The van der Waals surface area contributed by atoms with Crippen molar-refractivity contribution in [3.8, 4) is 0 Å². The maximum absolute atomic E-state index is 11.5. The van der Waals surface area contributed by atoms with Crippen molar-refractivity contribution in [2.75, 3.05) is 32.7 Å². The zero-order valence-corrected chi connectivity index (χ0v) is 17.1. The van der Waals surface area contributed by atoms with Crippen LogP contribution in [0.3, 0.4) is 0 Å². The molecule has 2 heterocycles. The summed E-state index contributed by atoms with van der Waals surface area (Å²) in [4.78, 5) is 18.7. The van der Waals surface area contributed by atoms with E-state index in [-0.39, 0.29) is 31.0 Å². The van der Waals surface area contributed by atoms with E-state index in [1.54, 1.807) is 0 Å². The number of hydrogen-bond donors (Lipinski definition) is 1. The number of benzene rings is 1. The molecule has 2 aliphatic rings. The lowest BCUT2D eigenvalue weighted by Gasteiger charge is -2.48. The fraction of sp³-hybridized carbons (Fsp3) is 0.632. The van der Waals surface area contributed by atoms with Crippen molar-refractivity contribution in [2.45, 2.75) is 44.9 Å². The fourth-order valence-corrected chi connectivity index (χ4v) is 3.95. The maximum Gasteiger partial charge on any atom is 0.320 e. The van der Waals surface area contributed by atoms with Crippen molar-refractivity contribution >= 4 is 30.8 Å². The molecule has 2 atom stereocenters. The van der Waals surface area contributed by atoms with Crippen LogP contribution in [0.1, 0.15) is 31.7 Å². The van der Waals surface area contributed by atoms with Gasteiger partial charge in [0.2, 0.25) is 0 Å². The summed E-state index contributed by atoms with van der Waals surface area (Å²) in [6.07, 6.45) is 3.97. The summed E-state index contributed by atoms with van der Waals surface area (Å²) < 4.78 is 0. The third-order valence-electron chi connectivity index (χ3n) is 5.39. The first-order valence-electron chi connectivity index (χ1n) is 9.14. The molecule has 2 aliphatic heterocycles. The van der Waals surface area contributed by atoms with E-state index in [9.17, 15) is 9.90 Å². The number of likely N-dealkylation sites (tertiary alicyclic amines) is 1. The van der Waals surface area contributed by atoms with Crippen molar-refractivity contribution in [1.29, 1.82) is 0 Å². The van der Waals surface area contributed by atoms with Crippen LogP contribution in [-0.4, -0.2) is 70.7 Å². The van der Waals surface area contributed by atoms with E-state index in [2.05, 4.69) is 39.0 Å². The van der Waals surface area contributed by atoms with Crippen LogP contribution in [0.2, 0.25) is 0 Å². The quantitative estimate of drug-likeness (QED) is 0.818. The summed E-state index contributed by atoms with van der Waals surface area (Å²) in [7, 11) is 0. The van der Waals surface area contributed by atoms with Gasteiger partial charge in [-0.3, -0.25) is 19.5 Å². The molecule has 1 N–H and O–H groups in total. The molecule has 0 amide bonds. The van der Waals surface area contributed by atoms with Gasteiger partial charge in [-0.1, -0.05) is 36.8 Å². The van der Waals surface area contributed by atoms with E-state index >= 15 is 0 Å². The number of piperidine rings is 1. The highest BCUT2D eigenvalue weighted by atomic mass is 35.5. The summed E-state index contributed by atoms with van der Waals surface area (Å²) in [6.45, 7) is 7.62. The normalized spacial score (nSPS) is 23.5. The zero-order chi connectivity index (χ0) is 16.9. The Morgan fingerprint density at radius 3 is 2.35 bits per heavy atom. The van der Waals surface area contributed by atoms with Crippen LogP contribution in [0.5, 0.6) is 0 Å². The van der Waals surface area contributed by atoms with Gasteiger partial charge in [0.25, 0.3) is 0 Å². The highest BCUT2D eigenvalue weighted by molar-refractivity contribution is 5.85. The molecule has 2 unspecified atom stereocenters. The maximum atomic E-state index is 11.5. The van der Waals surface area contributed by atoms with Gasteiger partial charge in [0, 0.05) is 26.2 Å². The van der Waals surface area contributed by atoms with E-state index in [0.29, 0.717) is 0 Å². The van der Waals surface area contributed by atoms with E-state index in [1.807, 2.05) is 13.0 Å². The number of carbonyl (C=O) groups is 1. The van der Waals surface area contributed by atoms with E-state index in [1.165, 1.54) is 24.8 Å². The lowest BCUT2D eigenvalue weighted by Crippen LogP contribution is -2.64. The summed E-state index contributed by atoms with van der Waals surface area (Å²) in [6, 6.07) is 10.1. The molecule has 0 radical (unpaired) electrons. The molecule has 7 heteroatoms. The number of aliphatic carboxylic acids is 1. The van der Waals surface area contributed by atoms with Crippen molar-refractivity contribution in [3.05, 3.63) is 35.9 Å². The predicted octanol–water partition coefficient (Wildman–Crippen LogP) is 2.93. The molecule has 26 heavy (non-hydrogen) atoms. The Balaban J connectivity index is 0.00000169. The molecule has 1 aromatic carbocycles. The zero-order valence-electron chi connectivity index (χ0n) is 15.4. The largest absolute Gasteiger partial charge is 0.480 e. The molecular weight excluding hydrogens is 373 g/mol. The number of carboxylic acids is 1. The number of piperazine rings is 1. The molecule has 5 nitrogen and oxygen atoms in total. The molecule has 0 spiro atoms. The Morgan fingerprint density at radius 1 is 1.08 bits per heavy atom. The smallest absolute Gasteiger partial charge is 0.320 e. The summed E-state index contributed by atoms with van der Waals surface area (Å²) >= 11 is 0. The van der Waals surface area contributed by atoms with Gasteiger partial charge in [-0.15, -0.1) is 24.8 Å². The third kappa shape index (κ3) is 5.83. The average Bonchev–Trinajstić information content (AvgIpc) is 2.62. The van der Waals surface area contributed by atoms with E-state index in [0.717, 1.165) is 39.3 Å². The number of carboxylic acid groups (broad SMARTS) is 1. The van der Waals surface area contributed by atoms with Crippen molar-refractivity contribution in [1.82, 2.24) is 14.7 Å². The van der Waals surface area contributed by atoms with Crippen molar-refractivity contribution < 1.29 is 9.90 Å². The molecule has 0 aromatic heterocycles. The van der Waals surface area contributed by atoms with Crippen LogP contribution in [0.25, 0.3) is 0 Å². The SMILES string of the molecule is CC(C(=O)O)N1CCN(Cc2ccccc2)CC1N1CCCCC1.Cl.Cl. The van der Waals surface area contributed by atoms with E-state index in [4.69, 9.17) is 0 Å². The predicted molar refractivity (Wildman–Crippen MR) is 109 cm³/mol. The monoisotopic (exact) mass is 403 g/mol. The topological polar surface area (TPSA) is 47.0 Å². The van der Waals surface area contributed by atoms with Gasteiger partial charge in [0.05, 0.1) is 6.17 Å². The average molecular weight is 404 g/mol. The van der Waals surface area contributed by atoms with Gasteiger partial charge in [-0.25, -0.2) is 0 Å². The Bertz CT molecular complexity index is 541. The Hall–Kier alpha value is -0.850. The van der Waals surface area contributed by atoms with Gasteiger partial charge >= 0.3 is 5.97 Å². The molecular formula is C19H31Cl2N3O2. The number of halogens is 2. The van der Waals surface area contributed by atoms with Crippen molar-refractivity contribution in [3.63, 3.8) is 0 Å². The minimum Gasteiger partial charge on any atom is -0.480 e. The number of nitrogens with zero attached hydrogens (tertiary/aromatic N) is 3. The Morgan fingerprint density at radius 2 is 1.73 bits per heavy atom. The first kappa shape index (κ1) is 23.2. The molecule has 148 valence electrons. The summed E-state index contributed by atoms with van der Waals surface area (Å²) in [5.74, 6) is -0.714. The molecule has 2 fully saturated rings. The molecule has 0 aliphatic carbocycles. The summed E-state index contributed by atoms with van der Waals surface area (Å²) in [5.41, 5.74) is 1.33. The summed E-state index contributed by atoms with van der Waals surface area (Å²) in [5, 5.41) is 9.48. The minimum atomic E-state index is -0.714. The minimum absolute atomic E-state index is 0. The van der Waals surface area contributed by atoms with Crippen molar-refractivity contribution in [2.24, 2.45) is 0 Å². The van der Waals surface area contributed by atoms with Crippen LogP contribution < -0.4 is 0 Å². The number of rotatable bonds is 5. The van der Waals surface area contributed by atoms with Crippen LogP contribution in [0.15, 0.2) is 30.3 Å². The standard InChI is InChI=1S/C19H29N3O2.2ClH/c1-16(19(23)24)22-13-12-20(14-17-8-4-2-5-9-17)15-18(22)21-10-6-3-7-11-21;;/h2,4-5,8-9,16,18H,3,6-7,10-15H2,1H3,(H,23,24);2*1H. The Labute approximate surface area is 169 Å². The molecule has 3 rings (SSSR count). The van der Waals surface area contributed by atoms with Crippen LogP contribution in [0, 0.1) is 0 Å². The van der Waals surface area contributed by atoms with Gasteiger partial charge in [-0.2, -0.15) is 0 Å². The molecule has 1 aromatic rings. The van der Waals surface area contributed by atoms with Gasteiger partial charge in [0.1, 0.15) is 6.04 Å². The first-order chi connectivity index (χ1) is 11.6.